The third kappa shape index (κ3) is 2.67. The number of methoxy groups -OCH3 is 1. The van der Waals surface area contributed by atoms with Crippen LogP contribution >= 0.6 is 0 Å². The Kier molecular flexibility index (Phi) is 3.60. The Labute approximate surface area is 107 Å². The Balaban J connectivity index is 2.39. The van der Waals surface area contributed by atoms with Crippen LogP contribution in [-0.2, 0) is 11.2 Å². The van der Waals surface area contributed by atoms with Gasteiger partial charge in [0.1, 0.15) is 0 Å². The minimum absolute atomic E-state index is 0.317. The van der Waals surface area contributed by atoms with Gasteiger partial charge in [-0.1, -0.05) is 19.9 Å². The first kappa shape index (κ1) is 12.6. The summed E-state index contributed by atoms with van der Waals surface area (Å²) in [4.78, 5) is 16.0. The van der Waals surface area contributed by atoms with E-state index in [0.717, 1.165) is 23.0 Å². The van der Waals surface area contributed by atoms with E-state index in [1.54, 1.807) is 6.07 Å². The number of hydrogen-bond donors (Lipinski definition) is 0. The molecule has 1 heterocycles. The smallest absolute Gasteiger partial charge is 0.337 e. The maximum absolute atomic E-state index is 11.4. The van der Waals surface area contributed by atoms with Crippen molar-refractivity contribution in [2.45, 2.75) is 20.3 Å². The van der Waals surface area contributed by atoms with E-state index in [-0.39, 0.29) is 5.97 Å². The zero-order valence-corrected chi connectivity index (χ0v) is 10.9. The van der Waals surface area contributed by atoms with Gasteiger partial charge in [0.25, 0.3) is 0 Å². The Bertz CT molecular complexity index is 576. The van der Waals surface area contributed by atoms with Crippen LogP contribution in [0.15, 0.2) is 30.3 Å². The predicted octanol–water partition coefficient (Wildman–Crippen LogP) is 3.22. The van der Waals surface area contributed by atoms with E-state index >= 15 is 0 Å². The largest absolute Gasteiger partial charge is 0.465 e. The monoisotopic (exact) mass is 243 g/mol. The summed E-state index contributed by atoms with van der Waals surface area (Å²) >= 11 is 0. The zero-order chi connectivity index (χ0) is 13.1. The number of esters is 1. The third-order valence-electron chi connectivity index (χ3n) is 2.79. The molecule has 0 saturated heterocycles. The molecule has 0 bridgehead atoms. The fourth-order valence-electron chi connectivity index (χ4n) is 1.94. The fraction of sp³-hybridized carbons (Fsp3) is 0.333. The van der Waals surface area contributed by atoms with Crippen molar-refractivity contribution >= 4 is 16.9 Å². The third-order valence-corrected chi connectivity index (χ3v) is 2.79. The first-order valence-electron chi connectivity index (χ1n) is 6.08. The zero-order valence-electron chi connectivity index (χ0n) is 10.9. The van der Waals surface area contributed by atoms with Crippen LogP contribution in [-0.4, -0.2) is 18.1 Å². The molecule has 1 aromatic heterocycles. The summed E-state index contributed by atoms with van der Waals surface area (Å²) in [5.41, 5.74) is 2.56. The molecule has 3 heteroatoms. The Hall–Kier alpha value is -1.90. The Morgan fingerprint density at radius 2 is 2.06 bits per heavy atom. The standard InChI is InChI=1S/C15H17NO2/c1-10(2)8-13-6-4-11-9-12(15(17)18-3)5-7-14(11)16-13/h4-7,9-10H,8H2,1-3H3. The summed E-state index contributed by atoms with van der Waals surface area (Å²) in [5, 5.41) is 0.963. The Morgan fingerprint density at radius 1 is 1.28 bits per heavy atom. The average Bonchev–Trinajstić information content (AvgIpc) is 2.36. The summed E-state index contributed by atoms with van der Waals surface area (Å²) < 4.78 is 4.70. The van der Waals surface area contributed by atoms with Crippen molar-refractivity contribution < 1.29 is 9.53 Å². The molecule has 94 valence electrons. The van der Waals surface area contributed by atoms with Crippen LogP contribution in [0.2, 0.25) is 0 Å². The van der Waals surface area contributed by atoms with Crippen molar-refractivity contribution in [3.05, 3.63) is 41.6 Å². The van der Waals surface area contributed by atoms with Crippen molar-refractivity contribution in [1.82, 2.24) is 4.98 Å². The lowest BCUT2D eigenvalue weighted by molar-refractivity contribution is 0.0601. The van der Waals surface area contributed by atoms with Crippen molar-refractivity contribution in [3.8, 4) is 0 Å². The van der Waals surface area contributed by atoms with Crippen LogP contribution in [0.4, 0.5) is 0 Å². The highest BCUT2D eigenvalue weighted by atomic mass is 16.5. The number of carbonyl (C=O) groups is 1. The molecule has 18 heavy (non-hydrogen) atoms. The van der Waals surface area contributed by atoms with Gasteiger partial charge in [0, 0.05) is 11.1 Å². The summed E-state index contributed by atoms with van der Waals surface area (Å²) in [6, 6.07) is 9.45. The minimum atomic E-state index is -0.317. The lowest BCUT2D eigenvalue weighted by atomic mass is 10.1. The van der Waals surface area contributed by atoms with E-state index in [1.165, 1.54) is 7.11 Å². The van der Waals surface area contributed by atoms with Crippen molar-refractivity contribution in [3.63, 3.8) is 0 Å². The first-order chi connectivity index (χ1) is 8.60. The van der Waals surface area contributed by atoms with Gasteiger partial charge in [-0.2, -0.15) is 0 Å². The van der Waals surface area contributed by atoms with Crippen LogP contribution in [0.1, 0.15) is 29.9 Å². The minimum Gasteiger partial charge on any atom is -0.465 e. The van der Waals surface area contributed by atoms with E-state index in [9.17, 15) is 4.79 Å². The summed E-state index contributed by atoms with van der Waals surface area (Å²) in [5.74, 6) is 0.271. The predicted molar refractivity (Wildman–Crippen MR) is 71.6 cm³/mol. The number of fused-ring (bicyclic) bond motifs is 1. The second kappa shape index (κ2) is 5.17. The quantitative estimate of drug-likeness (QED) is 0.777. The normalized spacial score (nSPS) is 10.9. The molecular weight excluding hydrogens is 226 g/mol. The SMILES string of the molecule is COC(=O)c1ccc2nc(CC(C)C)ccc2c1. The molecular formula is C15H17NO2. The highest BCUT2D eigenvalue weighted by Crippen LogP contribution is 2.17. The number of ether oxygens (including phenoxy) is 1. The number of nitrogens with zero attached hydrogens (tertiary/aromatic N) is 1. The molecule has 0 atom stereocenters. The molecule has 0 radical (unpaired) electrons. The highest BCUT2D eigenvalue weighted by Gasteiger charge is 2.07. The molecule has 1 aromatic carbocycles. The van der Waals surface area contributed by atoms with Crippen LogP contribution in [0.25, 0.3) is 10.9 Å². The van der Waals surface area contributed by atoms with Crippen molar-refractivity contribution in [2.24, 2.45) is 5.92 Å². The van der Waals surface area contributed by atoms with Crippen molar-refractivity contribution in [1.29, 1.82) is 0 Å². The second-order valence-corrected chi connectivity index (χ2v) is 4.80. The van der Waals surface area contributed by atoms with Gasteiger partial charge in [0.2, 0.25) is 0 Å². The van der Waals surface area contributed by atoms with Gasteiger partial charge in [-0.15, -0.1) is 0 Å². The molecule has 3 nitrogen and oxygen atoms in total. The molecule has 0 aliphatic heterocycles. The van der Waals surface area contributed by atoms with Crippen molar-refractivity contribution in [2.75, 3.05) is 7.11 Å². The summed E-state index contributed by atoms with van der Waals surface area (Å²) in [6.07, 6.45) is 0.967. The topological polar surface area (TPSA) is 39.2 Å². The van der Waals surface area contributed by atoms with E-state index in [4.69, 9.17) is 4.74 Å². The Morgan fingerprint density at radius 3 is 2.72 bits per heavy atom. The molecule has 0 amide bonds. The van der Waals surface area contributed by atoms with Crippen LogP contribution < -0.4 is 0 Å². The molecule has 0 aliphatic rings. The van der Waals surface area contributed by atoms with Gasteiger partial charge < -0.3 is 4.74 Å². The van der Waals surface area contributed by atoms with E-state index < -0.39 is 0 Å². The fourth-order valence-corrected chi connectivity index (χ4v) is 1.94. The van der Waals surface area contributed by atoms with E-state index in [1.807, 2.05) is 24.3 Å². The van der Waals surface area contributed by atoms with Gasteiger partial charge in [-0.05, 0) is 36.6 Å². The number of aromatic nitrogens is 1. The van der Waals surface area contributed by atoms with Crippen LogP contribution in [0.3, 0.4) is 0 Å². The van der Waals surface area contributed by atoms with Crippen LogP contribution in [0.5, 0.6) is 0 Å². The van der Waals surface area contributed by atoms with Gasteiger partial charge >= 0.3 is 5.97 Å². The lowest BCUT2D eigenvalue weighted by Gasteiger charge is -2.06. The molecule has 2 rings (SSSR count). The maximum Gasteiger partial charge on any atom is 0.337 e. The molecule has 0 unspecified atom stereocenters. The molecule has 0 N–H and O–H groups in total. The number of benzene rings is 1. The average molecular weight is 243 g/mol. The lowest BCUT2D eigenvalue weighted by Crippen LogP contribution is -2.01. The summed E-state index contributed by atoms with van der Waals surface area (Å²) in [7, 11) is 1.39. The molecule has 0 aliphatic carbocycles. The molecule has 0 spiro atoms. The summed E-state index contributed by atoms with van der Waals surface area (Å²) in [6.45, 7) is 4.35. The number of rotatable bonds is 3. The van der Waals surface area contributed by atoms with Gasteiger partial charge in [0.05, 0.1) is 18.2 Å². The molecule has 2 aromatic rings. The van der Waals surface area contributed by atoms with E-state index in [2.05, 4.69) is 18.8 Å². The van der Waals surface area contributed by atoms with E-state index in [0.29, 0.717) is 11.5 Å². The number of carbonyl (C=O) groups excluding carboxylic acids is 1. The van der Waals surface area contributed by atoms with Gasteiger partial charge in [-0.3, -0.25) is 4.98 Å². The molecule has 0 fully saturated rings. The maximum atomic E-state index is 11.4. The second-order valence-electron chi connectivity index (χ2n) is 4.80. The number of hydrogen-bond acceptors (Lipinski definition) is 3. The van der Waals surface area contributed by atoms with Gasteiger partial charge in [0.15, 0.2) is 0 Å². The van der Waals surface area contributed by atoms with Gasteiger partial charge in [-0.25, -0.2) is 4.79 Å². The number of pyridine rings is 1. The molecule has 0 saturated carbocycles. The highest BCUT2D eigenvalue weighted by molar-refractivity contribution is 5.94. The first-order valence-corrected chi connectivity index (χ1v) is 6.08. The van der Waals surface area contributed by atoms with Crippen LogP contribution in [0, 0.1) is 5.92 Å².